The van der Waals surface area contributed by atoms with Crippen LogP contribution < -0.4 is 10.6 Å². The van der Waals surface area contributed by atoms with Crippen molar-refractivity contribution < 1.29 is 4.79 Å². The standard InChI is InChI=1S/C11H21N3O/c1-11(2,9-3-4-9)13-6-8-14-7-5-12-10(14)15/h9,13H,3-8H2,1-2H3,(H,12,15). The van der Waals surface area contributed by atoms with Gasteiger partial charge in [-0.15, -0.1) is 0 Å². The number of nitrogens with zero attached hydrogens (tertiary/aromatic N) is 1. The van der Waals surface area contributed by atoms with E-state index < -0.39 is 0 Å². The maximum absolute atomic E-state index is 11.3. The van der Waals surface area contributed by atoms with Crippen LogP contribution in [0.3, 0.4) is 0 Å². The van der Waals surface area contributed by atoms with Gasteiger partial charge in [0.2, 0.25) is 0 Å². The first-order valence-corrected chi connectivity index (χ1v) is 5.87. The van der Waals surface area contributed by atoms with Crippen molar-refractivity contribution in [2.75, 3.05) is 26.2 Å². The van der Waals surface area contributed by atoms with Gasteiger partial charge in [0.15, 0.2) is 0 Å². The second kappa shape index (κ2) is 4.00. The molecule has 2 amide bonds. The van der Waals surface area contributed by atoms with Crippen LogP contribution in [0.15, 0.2) is 0 Å². The molecule has 15 heavy (non-hydrogen) atoms. The minimum absolute atomic E-state index is 0.0843. The zero-order chi connectivity index (χ0) is 10.9. The van der Waals surface area contributed by atoms with E-state index in [0.29, 0.717) is 0 Å². The van der Waals surface area contributed by atoms with Crippen molar-refractivity contribution in [3.8, 4) is 0 Å². The summed E-state index contributed by atoms with van der Waals surface area (Å²) < 4.78 is 0. The molecular formula is C11H21N3O. The lowest BCUT2D eigenvalue weighted by Gasteiger charge is -2.27. The molecule has 0 aromatic carbocycles. The molecule has 0 bridgehead atoms. The van der Waals surface area contributed by atoms with Gasteiger partial charge in [-0.2, -0.15) is 0 Å². The molecule has 2 fully saturated rings. The Balaban J connectivity index is 1.67. The molecule has 1 saturated heterocycles. The van der Waals surface area contributed by atoms with Gasteiger partial charge in [-0.25, -0.2) is 4.79 Å². The van der Waals surface area contributed by atoms with Crippen LogP contribution in [0, 0.1) is 5.92 Å². The van der Waals surface area contributed by atoms with Crippen LogP contribution in [0.1, 0.15) is 26.7 Å². The second-order valence-corrected chi connectivity index (χ2v) is 5.14. The van der Waals surface area contributed by atoms with E-state index in [4.69, 9.17) is 0 Å². The number of rotatable bonds is 5. The zero-order valence-corrected chi connectivity index (χ0v) is 9.68. The largest absolute Gasteiger partial charge is 0.336 e. The second-order valence-electron chi connectivity index (χ2n) is 5.14. The zero-order valence-electron chi connectivity index (χ0n) is 9.68. The minimum atomic E-state index is 0.0843. The summed E-state index contributed by atoms with van der Waals surface area (Å²) in [4.78, 5) is 13.1. The SMILES string of the molecule is CC(C)(NCCN1CCNC1=O)C1CC1. The molecule has 1 aliphatic heterocycles. The van der Waals surface area contributed by atoms with Crippen LogP contribution in [0.2, 0.25) is 0 Å². The van der Waals surface area contributed by atoms with Crippen molar-refractivity contribution in [1.82, 2.24) is 15.5 Å². The highest BCUT2D eigenvalue weighted by molar-refractivity contribution is 5.76. The summed E-state index contributed by atoms with van der Waals surface area (Å²) in [5.74, 6) is 0.838. The van der Waals surface area contributed by atoms with Crippen molar-refractivity contribution in [2.24, 2.45) is 5.92 Å². The summed E-state index contributed by atoms with van der Waals surface area (Å²) in [6.07, 6.45) is 2.70. The Morgan fingerprint density at radius 3 is 2.80 bits per heavy atom. The van der Waals surface area contributed by atoms with Crippen molar-refractivity contribution in [2.45, 2.75) is 32.2 Å². The molecule has 0 radical (unpaired) electrons. The summed E-state index contributed by atoms with van der Waals surface area (Å²) in [5.41, 5.74) is 0.246. The predicted molar refractivity (Wildman–Crippen MR) is 59.8 cm³/mol. The van der Waals surface area contributed by atoms with Gasteiger partial charge in [-0.3, -0.25) is 0 Å². The molecule has 86 valence electrons. The van der Waals surface area contributed by atoms with Crippen LogP contribution in [-0.2, 0) is 0 Å². The van der Waals surface area contributed by atoms with Gasteiger partial charge in [0.05, 0.1) is 0 Å². The first-order chi connectivity index (χ1) is 7.09. The molecule has 1 saturated carbocycles. The van der Waals surface area contributed by atoms with Crippen LogP contribution >= 0.6 is 0 Å². The van der Waals surface area contributed by atoms with Gasteiger partial charge in [0.25, 0.3) is 0 Å². The van der Waals surface area contributed by atoms with Crippen LogP contribution in [0.5, 0.6) is 0 Å². The molecule has 2 rings (SSSR count). The molecule has 0 aromatic heterocycles. The molecule has 4 heteroatoms. The van der Waals surface area contributed by atoms with Crippen molar-refractivity contribution in [1.29, 1.82) is 0 Å². The predicted octanol–water partition coefficient (Wildman–Crippen LogP) is 0.790. The van der Waals surface area contributed by atoms with E-state index in [1.54, 1.807) is 0 Å². The van der Waals surface area contributed by atoms with Crippen molar-refractivity contribution in [3.63, 3.8) is 0 Å². The monoisotopic (exact) mass is 211 g/mol. The van der Waals surface area contributed by atoms with Crippen LogP contribution in [0.25, 0.3) is 0 Å². The third-order valence-corrected chi connectivity index (χ3v) is 3.51. The number of carbonyl (C=O) groups excluding carboxylic acids is 1. The average Bonchev–Trinajstić information content (AvgIpc) is 2.94. The summed E-state index contributed by atoms with van der Waals surface area (Å²) in [5, 5.41) is 6.36. The molecule has 2 aliphatic rings. The number of nitrogens with one attached hydrogen (secondary N) is 2. The first-order valence-electron chi connectivity index (χ1n) is 5.87. The minimum Gasteiger partial charge on any atom is -0.336 e. The Morgan fingerprint density at radius 2 is 2.27 bits per heavy atom. The lowest BCUT2D eigenvalue weighted by atomic mass is 9.99. The smallest absolute Gasteiger partial charge is 0.317 e. The normalized spacial score (nSPS) is 22.0. The van der Waals surface area contributed by atoms with Crippen LogP contribution in [0.4, 0.5) is 4.79 Å². The highest BCUT2D eigenvalue weighted by Crippen LogP contribution is 2.38. The number of hydrogen-bond donors (Lipinski definition) is 2. The molecule has 0 spiro atoms. The van der Waals surface area contributed by atoms with E-state index in [2.05, 4.69) is 24.5 Å². The first kappa shape index (κ1) is 10.7. The summed E-state index contributed by atoms with van der Waals surface area (Å²) in [6, 6.07) is 0.0843. The Hall–Kier alpha value is -0.770. The average molecular weight is 211 g/mol. The van der Waals surface area contributed by atoms with E-state index in [1.165, 1.54) is 12.8 Å². The van der Waals surface area contributed by atoms with E-state index in [9.17, 15) is 4.79 Å². The third-order valence-electron chi connectivity index (χ3n) is 3.51. The lowest BCUT2D eigenvalue weighted by Crippen LogP contribution is -2.45. The molecule has 1 aliphatic carbocycles. The van der Waals surface area contributed by atoms with Gasteiger partial charge >= 0.3 is 6.03 Å². The molecule has 0 aromatic rings. The van der Waals surface area contributed by atoms with E-state index in [1.807, 2.05) is 4.90 Å². The summed E-state index contributed by atoms with van der Waals surface area (Å²) in [7, 11) is 0. The molecular weight excluding hydrogens is 190 g/mol. The number of carbonyl (C=O) groups is 1. The van der Waals surface area contributed by atoms with Gasteiger partial charge in [0.1, 0.15) is 0 Å². The summed E-state index contributed by atoms with van der Waals surface area (Å²) in [6.45, 7) is 7.89. The third kappa shape index (κ3) is 2.62. The molecule has 0 unspecified atom stereocenters. The number of amides is 2. The topological polar surface area (TPSA) is 44.4 Å². The fraction of sp³-hybridized carbons (Fsp3) is 0.909. The Morgan fingerprint density at radius 1 is 1.53 bits per heavy atom. The molecule has 0 atom stereocenters. The molecule has 4 nitrogen and oxygen atoms in total. The van der Waals surface area contributed by atoms with E-state index in [-0.39, 0.29) is 11.6 Å². The van der Waals surface area contributed by atoms with E-state index >= 15 is 0 Å². The van der Waals surface area contributed by atoms with E-state index in [0.717, 1.165) is 32.1 Å². The fourth-order valence-corrected chi connectivity index (χ4v) is 2.19. The lowest BCUT2D eigenvalue weighted by molar-refractivity contribution is 0.214. The van der Waals surface area contributed by atoms with Crippen LogP contribution in [-0.4, -0.2) is 42.6 Å². The fourth-order valence-electron chi connectivity index (χ4n) is 2.19. The van der Waals surface area contributed by atoms with Crippen molar-refractivity contribution in [3.05, 3.63) is 0 Å². The maximum atomic E-state index is 11.3. The summed E-state index contributed by atoms with van der Waals surface area (Å²) >= 11 is 0. The van der Waals surface area contributed by atoms with Gasteiger partial charge in [0, 0.05) is 31.7 Å². The quantitative estimate of drug-likeness (QED) is 0.706. The number of hydrogen-bond acceptors (Lipinski definition) is 2. The molecule has 1 heterocycles. The Labute approximate surface area is 91.4 Å². The van der Waals surface area contributed by atoms with Gasteiger partial charge in [-0.1, -0.05) is 0 Å². The molecule has 2 N–H and O–H groups in total. The Kier molecular flexibility index (Phi) is 2.87. The number of urea groups is 1. The Bertz CT molecular complexity index is 248. The maximum Gasteiger partial charge on any atom is 0.317 e. The highest BCUT2D eigenvalue weighted by atomic mass is 16.2. The van der Waals surface area contributed by atoms with Crippen molar-refractivity contribution >= 4 is 6.03 Å². The highest BCUT2D eigenvalue weighted by Gasteiger charge is 2.37. The van der Waals surface area contributed by atoms with Gasteiger partial charge < -0.3 is 15.5 Å². The van der Waals surface area contributed by atoms with Gasteiger partial charge in [-0.05, 0) is 32.6 Å².